The molecular formula is C38H31NO2S. The second-order valence-electron chi connectivity index (χ2n) is 11.3. The molecule has 0 saturated heterocycles. The van der Waals surface area contributed by atoms with Crippen molar-refractivity contribution in [3.8, 4) is 17.2 Å². The number of fused-ring (bicyclic) bond motifs is 7. The van der Waals surface area contributed by atoms with Crippen LogP contribution in [0.1, 0.15) is 34.7 Å². The number of rotatable bonds is 4. The lowest BCUT2D eigenvalue weighted by Gasteiger charge is -2.29. The Balaban J connectivity index is 1.38. The molecule has 4 heteroatoms. The van der Waals surface area contributed by atoms with Crippen LogP contribution in [0.3, 0.4) is 0 Å². The smallest absolute Gasteiger partial charge is 0.149 e. The molecule has 0 radical (unpaired) electrons. The van der Waals surface area contributed by atoms with E-state index in [2.05, 4.69) is 128 Å². The fourth-order valence-corrected chi connectivity index (χ4v) is 8.25. The SMILES string of the molecule is CCn1c2ccccc2c2cc(C3(c4ccc(OC)cc4)C=c4cc(C)c5c(c4S3)Oc3ccc(C)cc3C=5)ccc21. The van der Waals surface area contributed by atoms with Gasteiger partial charge < -0.3 is 14.0 Å². The zero-order valence-corrected chi connectivity index (χ0v) is 25.0. The predicted octanol–water partition coefficient (Wildman–Crippen LogP) is 8.20. The highest BCUT2D eigenvalue weighted by Gasteiger charge is 2.40. The topological polar surface area (TPSA) is 23.4 Å². The molecule has 1 atom stereocenters. The summed E-state index contributed by atoms with van der Waals surface area (Å²) in [4.78, 5) is 1.19. The Labute approximate surface area is 249 Å². The summed E-state index contributed by atoms with van der Waals surface area (Å²) < 4.78 is 14.2. The number of para-hydroxylation sites is 1. The summed E-state index contributed by atoms with van der Waals surface area (Å²) in [7, 11) is 1.72. The van der Waals surface area contributed by atoms with Gasteiger partial charge in [0.1, 0.15) is 17.2 Å². The van der Waals surface area contributed by atoms with Crippen LogP contribution in [0.15, 0.2) is 95.9 Å². The van der Waals surface area contributed by atoms with E-state index in [4.69, 9.17) is 9.47 Å². The second-order valence-corrected chi connectivity index (χ2v) is 12.6. The molecule has 42 heavy (non-hydrogen) atoms. The molecule has 5 aromatic carbocycles. The van der Waals surface area contributed by atoms with Gasteiger partial charge in [-0.15, -0.1) is 11.8 Å². The molecule has 1 aromatic heterocycles. The molecule has 0 aliphatic carbocycles. The number of nitrogens with zero attached hydrogens (tertiary/aromatic N) is 1. The van der Waals surface area contributed by atoms with Gasteiger partial charge in [0, 0.05) is 39.1 Å². The number of benzene rings is 5. The quantitative estimate of drug-likeness (QED) is 0.215. The van der Waals surface area contributed by atoms with Crippen molar-refractivity contribution in [1.82, 2.24) is 4.57 Å². The van der Waals surface area contributed by atoms with E-state index in [9.17, 15) is 0 Å². The maximum atomic E-state index is 6.71. The summed E-state index contributed by atoms with van der Waals surface area (Å²) >= 11 is 1.88. The Morgan fingerprint density at radius 1 is 0.833 bits per heavy atom. The first kappa shape index (κ1) is 25.3. The van der Waals surface area contributed by atoms with Crippen molar-refractivity contribution >= 4 is 45.7 Å². The zero-order chi connectivity index (χ0) is 28.6. The summed E-state index contributed by atoms with van der Waals surface area (Å²) in [5, 5.41) is 4.96. The standard InChI is InChI=1S/C38H31NO2S/c1-5-39-33-9-7-6-8-30(33)32-21-28(13-16-34(32)39)38(27-11-14-29(40-4)15-12-27)22-26-19-24(3)31-20-25-18-23(2)10-17-35(25)41-36(31)37(26)42-38/h6-22H,5H2,1-4H3. The number of hydrogen-bond donors (Lipinski definition) is 0. The summed E-state index contributed by atoms with van der Waals surface area (Å²) in [5.74, 6) is 2.73. The summed E-state index contributed by atoms with van der Waals surface area (Å²) in [6.07, 6.45) is 4.73. The van der Waals surface area contributed by atoms with Gasteiger partial charge in [0.2, 0.25) is 0 Å². The average molecular weight is 566 g/mol. The normalized spacial score (nSPS) is 16.8. The number of thioether (sulfide) groups is 1. The fraction of sp³-hybridized carbons (Fsp3) is 0.158. The van der Waals surface area contributed by atoms with E-state index in [0.29, 0.717) is 0 Å². The van der Waals surface area contributed by atoms with E-state index in [1.54, 1.807) is 7.11 Å². The van der Waals surface area contributed by atoms with Crippen molar-refractivity contribution in [3.63, 3.8) is 0 Å². The van der Waals surface area contributed by atoms with Gasteiger partial charge in [0.15, 0.2) is 0 Å². The zero-order valence-electron chi connectivity index (χ0n) is 24.2. The van der Waals surface area contributed by atoms with E-state index in [-0.39, 0.29) is 0 Å². The monoisotopic (exact) mass is 565 g/mol. The highest BCUT2D eigenvalue weighted by molar-refractivity contribution is 8.01. The molecule has 6 aromatic rings. The fourth-order valence-electron chi connectivity index (χ4n) is 6.77. The highest BCUT2D eigenvalue weighted by Crippen LogP contribution is 2.54. The van der Waals surface area contributed by atoms with Crippen molar-refractivity contribution in [2.45, 2.75) is 37.0 Å². The molecule has 3 heterocycles. The van der Waals surface area contributed by atoms with Crippen LogP contribution in [0.4, 0.5) is 0 Å². The van der Waals surface area contributed by atoms with Gasteiger partial charge in [-0.1, -0.05) is 60.2 Å². The minimum Gasteiger partial charge on any atom is -0.497 e. The predicted molar refractivity (Wildman–Crippen MR) is 174 cm³/mol. The molecule has 2 aliphatic rings. The molecule has 0 amide bonds. The van der Waals surface area contributed by atoms with Crippen molar-refractivity contribution in [3.05, 3.63) is 129 Å². The van der Waals surface area contributed by atoms with E-state index >= 15 is 0 Å². The van der Waals surface area contributed by atoms with Crippen LogP contribution in [-0.2, 0) is 11.3 Å². The molecule has 206 valence electrons. The van der Waals surface area contributed by atoms with Crippen molar-refractivity contribution < 1.29 is 9.47 Å². The third-order valence-corrected chi connectivity index (χ3v) is 10.4. The first-order valence-corrected chi connectivity index (χ1v) is 15.3. The maximum absolute atomic E-state index is 6.71. The minimum absolute atomic E-state index is 0.434. The minimum atomic E-state index is -0.434. The largest absolute Gasteiger partial charge is 0.497 e. The second kappa shape index (κ2) is 9.30. The molecule has 2 aliphatic heterocycles. The van der Waals surface area contributed by atoms with Crippen molar-refractivity contribution in [2.75, 3.05) is 7.11 Å². The first-order chi connectivity index (χ1) is 20.5. The summed E-state index contributed by atoms with van der Waals surface area (Å²) in [6, 6.07) is 33.1. The van der Waals surface area contributed by atoms with Crippen LogP contribution in [-0.4, -0.2) is 11.7 Å². The Bertz CT molecular complexity index is 2190. The number of methoxy groups -OCH3 is 1. The maximum Gasteiger partial charge on any atom is 0.149 e. The number of aryl methyl sites for hydroxylation is 3. The molecule has 0 bridgehead atoms. The van der Waals surface area contributed by atoms with Crippen LogP contribution in [0.2, 0.25) is 0 Å². The van der Waals surface area contributed by atoms with E-state index < -0.39 is 4.75 Å². The summed E-state index contributed by atoms with van der Waals surface area (Å²) in [5.41, 5.74) is 8.60. The van der Waals surface area contributed by atoms with Crippen molar-refractivity contribution in [1.29, 1.82) is 0 Å². The summed E-state index contributed by atoms with van der Waals surface area (Å²) in [6.45, 7) is 7.47. The van der Waals surface area contributed by atoms with Gasteiger partial charge in [-0.25, -0.2) is 0 Å². The van der Waals surface area contributed by atoms with Gasteiger partial charge in [-0.3, -0.25) is 0 Å². The Kier molecular flexibility index (Phi) is 5.61. The molecule has 0 saturated carbocycles. The van der Waals surface area contributed by atoms with E-state index in [1.165, 1.54) is 59.4 Å². The Hall–Kier alpha value is -4.41. The lowest BCUT2D eigenvalue weighted by Crippen LogP contribution is -2.20. The number of ether oxygens (including phenoxy) is 2. The number of hydrogen-bond acceptors (Lipinski definition) is 3. The first-order valence-electron chi connectivity index (χ1n) is 14.5. The average Bonchev–Trinajstić information content (AvgIpc) is 3.57. The third-order valence-electron chi connectivity index (χ3n) is 8.85. The van der Waals surface area contributed by atoms with Gasteiger partial charge in [-0.2, -0.15) is 0 Å². The molecule has 0 spiro atoms. The van der Waals surface area contributed by atoms with Gasteiger partial charge in [0.05, 0.1) is 16.8 Å². The van der Waals surface area contributed by atoms with Crippen LogP contribution < -0.4 is 19.9 Å². The lowest BCUT2D eigenvalue weighted by atomic mass is 9.88. The Morgan fingerprint density at radius 2 is 1.62 bits per heavy atom. The molecule has 8 rings (SSSR count). The van der Waals surface area contributed by atoms with E-state index in [1.807, 2.05) is 11.8 Å². The van der Waals surface area contributed by atoms with Gasteiger partial charge in [0.25, 0.3) is 0 Å². The van der Waals surface area contributed by atoms with Crippen LogP contribution >= 0.6 is 11.8 Å². The number of aromatic nitrogens is 1. The van der Waals surface area contributed by atoms with Gasteiger partial charge >= 0.3 is 0 Å². The lowest BCUT2D eigenvalue weighted by molar-refractivity contribution is 0.414. The third kappa shape index (κ3) is 3.61. The molecular weight excluding hydrogens is 534 g/mol. The van der Waals surface area contributed by atoms with E-state index in [0.717, 1.165) is 29.4 Å². The molecule has 0 fully saturated rings. The highest BCUT2D eigenvalue weighted by atomic mass is 32.2. The van der Waals surface area contributed by atoms with Crippen molar-refractivity contribution in [2.24, 2.45) is 0 Å². The molecule has 0 N–H and O–H groups in total. The van der Waals surface area contributed by atoms with Crippen LogP contribution in [0, 0.1) is 13.8 Å². The molecule has 1 unspecified atom stereocenters. The van der Waals surface area contributed by atoms with Gasteiger partial charge in [-0.05, 0) is 91.2 Å². The van der Waals surface area contributed by atoms with Crippen LogP contribution in [0.5, 0.6) is 17.2 Å². The Morgan fingerprint density at radius 3 is 2.43 bits per heavy atom. The molecule has 3 nitrogen and oxygen atoms in total. The van der Waals surface area contributed by atoms with Crippen LogP contribution in [0.25, 0.3) is 34.0 Å².